The smallest absolute Gasteiger partial charge is 0.346 e. The molecule has 7 heteroatoms. The summed E-state index contributed by atoms with van der Waals surface area (Å²) in [6.07, 6.45) is 0.791. The maximum Gasteiger partial charge on any atom is 0.346 e. The predicted octanol–water partition coefficient (Wildman–Crippen LogP) is 6.03. The highest BCUT2D eigenvalue weighted by Crippen LogP contribution is 2.35. The molecule has 0 spiro atoms. The van der Waals surface area contributed by atoms with E-state index >= 15 is 0 Å². The molecule has 0 saturated carbocycles. The molecule has 2 heterocycles. The minimum absolute atomic E-state index is 0.328. The highest BCUT2D eigenvalue weighted by Gasteiger charge is 2.18. The molecule has 5 nitrogen and oxygen atoms in total. The lowest BCUT2D eigenvalue weighted by Crippen LogP contribution is -2.04. The third-order valence-electron chi connectivity index (χ3n) is 4.65. The van der Waals surface area contributed by atoms with Crippen LogP contribution in [0.1, 0.15) is 24.3 Å². The average molecular weight is 440 g/mol. The number of rotatable bonds is 4. The van der Waals surface area contributed by atoms with Gasteiger partial charge >= 0.3 is 11.6 Å². The first-order chi connectivity index (χ1) is 14.4. The lowest BCUT2D eigenvalue weighted by atomic mass is 10.1. The minimum Gasteiger partial charge on any atom is -0.427 e. The number of carbonyl (C=O) groups excluding carboxylic acids is 1. The fourth-order valence-electron chi connectivity index (χ4n) is 3.19. The maximum atomic E-state index is 12.7. The second kappa shape index (κ2) is 8.05. The molecule has 0 aliphatic rings. The Morgan fingerprint density at radius 2 is 2.00 bits per heavy atom. The van der Waals surface area contributed by atoms with Gasteiger partial charge < -0.3 is 9.15 Å². The van der Waals surface area contributed by atoms with Crippen LogP contribution in [0.4, 0.5) is 0 Å². The highest BCUT2D eigenvalue weighted by atomic mass is 35.5. The zero-order chi connectivity index (χ0) is 21.4. The molecule has 2 aromatic carbocycles. The second-order valence-corrected chi connectivity index (χ2v) is 8.34. The largest absolute Gasteiger partial charge is 0.427 e. The van der Waals surface area contributed by atoms with Crippen molar-refractivity contribution in [3.8, 4) is 27.6 Å². The van der Waals surface area contributed by atoms with Crippen molar-refractivity contribution in [1.29, 1.82) is 0 Å². The second-order valence-electron chi connectivity index (χ2n) is 6.85. The molecule has 2 aromatic heterocycles. The molecule has 30 heavy (non-hydrogen) atoms. The Kier molecular flexibility index (Phi) is 5.45. The van der Waals surface area contributed by atoms with Crippen molar-refractivity contribution in [2.24, 2.45) is 0 Å². The molecule has 0 fully saturated rings. The van der Waals surface area contributed by atoms with Crippen LogP contribution in [0, 0.1) is 6.92 Å². The summed E-state index contributed by atoms with van der Waals surface area (Å²) in [4.78, 5) is 29.7. The summed E-state index contributed by atoms with van der Waals surface area (Å²) in [5.74, 6) is -0.109. The Morgan fingerprint density at radius 1 is 1.20 bits per heavy atom. The van der Waals surface area contributed by atoms with Crippen molar-refractivity contribution in [3.63, 3.8) is 0 Å². The summed E-state index contributed by atoms with van der Waals surface area (Å²) in [6, 6.07) is 12.5. The number of carbonyl (C=O) groups is 1. The van der Waals surface area contributed by atoms with Crippen LogP contribution in [0.15, 0.2) is 51.7 Å². The molecule has 0 saturated heterocycles. The Balaban J connectivity index is 1.81. The summed E-state index contributed by atoms with van der Waals surface area (Å²) < 4.78 is 10.6. The number of hydrogen-bond donors (Lipinski definition) is 0. The van der Waals surface area contributed by atoms with E-state index in [-0.39, 0.29) is 0 Å². The molecule has 152 valence electrons. The third kappa shape index (κ3) is 3.88. The zero-order valence-corrected chi connectivity index (χ0v) is 18.2. The number of aromatic nitrogens is 1. The van der Waals surface area contributed by atoms with E-state index in [0.29, 0.717) is 26.9 Å². The fourth-order valence-corrected chi connectivity index (χ4v) is 4.34. The van der Waals surface area contributed by atoms with Gasteiger partial charge in [-0.05, 0) is 49.2 Å². The van der Waals surface area contributed by atoms with Gasteiger partial charge in [0, 0.05) is 33.8 Å². The van der Waals surface area contributed by atoms with Gasteiger partial charge in [0.05, 0.1) is 11.3 Å². The van der Waals surface area contributed by atoms with Crippen LogP contribution >= 0.6 is 22.9 Å². The molecule has 0 bridgehead atoms. The summed E-state index contributed by atoms with van der Waals surface area (Å²) in [5.41, 5.74) is 3.05. The van der Waals surface area contributed by atoms with Gasteiger partial charge in [0.25, 0.3) is 0 Å². The van der Waals surface area contributed by atoms with Gasteiger partial charge in [-0.1, -0.05) is 24.6 Å². The van der Waals surface area contributed by atoms with Crippen LogP contribution in [0.2, 0.25) is 5.02 Å². The first-order valence-electron chi connectivity index (χ1n) is 9.38. The van der Waals surface area contributed by atoms with Gasteiger partial charge in [-0.15, -0.1) is 11.3 Å². The van der Waals surface area contributed by atoms with E-state index in [0.717, 1.165) is 33.5 Å². The van der Waals surface area contributed by atoms with Gasteiger partial charge in [0.15, 0.2) is 0 Å². The molecule has 4 aromatic rings. The predicted molar refractivity (Wildman–Crippen MR) is 119 cm³/mol. The summed E-state index contributed by atoms with van der Waals surface area (Å²) in [5, 5.41) is 2.03. The summed E-state index contributed by atoms with van der Waals surface area (Å²) >= 11 is 7.64. The molecule has 0 N–H and O–H groups in total. The maximum absolute atomic E-state index is 12.7. The van der Waals surface area contributed by atoms with Crippen LogP contribution in [0.3, 0.4) is 0 Å². The number of nitrogens with zero attached hydrogens (tertiary/aromatic N) is 1. The van der Waals surface area contributed by atoms with Crippen LogP contribution in [0.5, 0.6) is 5.75 Å². The number of aryl methyl sites for hydroxylation is 2. The van der Waals surface area contributed by atoms with Gasteiger partial charge in [-0.3, -0.25) is 4.79 Å². The van der Waals surface area contributed by atoms with Crippen molar-refractivity contribution in [1.82, 2.24) is 4.98 Å². The Bertz CT molecular complexity index is 1340. The molecular weight excluding hydrogens is 422 g/mol. The monoisotopic (exact) mass is 439 g/mol. The SMILES string of the molecule is CCc1sc(-c2cc3ccc(OC(C)=O)cc3oc2=O)nc1-c1ccc(Cl)c(C)c1. The van der Waals surface area contributed by atoms with Crippen LogP contribution in [0.25, 0.3) is 32.8 Å². The Labute approximate surface area is 181 Å². The molecular formula is C23H18ClNO4S. The number of halogens is 1. The number of fused-ring (bicyclic) bond motifs is 1. The van der Waals surface area contributed by atoms with Crippen molar-refractivity contribution < 1.29 is 13.9 Å². The molecule has 0 atom stereocenters. The van der Waals surface area contributed by atoms with Crippen LogP contribution in [-0.4, -0.2) is 11.0 Å². The zero-order valence-electron chi connectivity index (χ0n) is 16.6. The van der Waals surface area contributed by atoms with Crippen molar-refractivity contribution in [2.75, 3.05) is 0 Å². The van der Waals surface area contributed by atoms with E-state index < -0.39 is 11.6 Å². The number of benzene rings is 2. The molecule has 0 unspecified atom stereocenters. The van der Waals surface area contributed by atoms with E-state index in [2.05, 4.69) is 6.92 Å². The molecule has 0 aliphatic heterocycles. The van der Waals surface area contributed by atoms with E-state index in [1.54, 1.807) is 18.2 Å². The van der Waals surface area contributed by atoms with Gasteiger partial charge in [0.1, 0.15) is 16.3 Å². The molecule has 4 rings (SSSR count). The van der Waals surface area contributed by atoms with Gasteiger partial charge in [0.2, 0.25) is 0 Å². The molecule has 0 radical (unpaired) electrons. The van der Waals surface area contributed by atoms with Crippen LogP contribution < -0.4 is 10.4 Å². The minimum atomic E-state index is -0.488. The topological polar surface area (TPSA) is 69.4 Å². The fraction of sp³-hybridized carbons (Fsp3) is 0.174. The van der Waals surface area contributed by atoms with Crippen molar-refractivity contribution in [3.05, 3.63) is 68.3 Å². The summed E-state index contributed by atoms with van der Waals surface area (Å²) in [6.45, 7) is 5.33. The average Bonchev–Trinajstić information content (AvgIpc) is 3.13. The molecule has 0 amide bonds. The number of esters is 1. The first kappa shape index (κ1) is 20.3. The number of ether oxygens (including phenoxy) is 1. The van der Waals surface area contributed by atoms with Crippen molar-refractivity contribution in [2.45, 2.75) is 27.2 Å². The Hall–Kier alpha value is -2.96. The number of hydrogen-bond acceptors (Lipinski definition) is 6. The number of thiazole rings is 1. The standard InChI is InChI=1S/C23H18ClNO4S/c1-4-20-21(15-6-8-18(24)12(2)9-15)25-22(30-20)17-10-14-5-7-16(28-13(3)26)11-19(14)29-23(17)27/h5-11H,4H2,1-3H3. The van der Waals surface area contributed by atoms with E-state index in [1.165, 1.54) is 24.3 Å². The van der Waals surface area contributed by atoms with Crippen LogP contribution in [-0.2, 0) is 11.2 Å². The third-order valence-corrected chi connectivity index (χ3v) is 6.31. The van der Waals surface area contributed by atoms with Gasteiger partial charge in [-0.25, -0.2) is 9.78 Å². The quantitative estimate of drug-likeness (QED) is 0.220. The van der Waals surface area contributed by atoms with E-state index in [4.69, 9.17) is 25.7 Å². The van der Waals surface area contributed by atoms with Crippen molar-refractivity contribution >= 4 is 39.9 Å². The normalized spacial score (nSPS) is 11.1. The van der Waals surface area contributed by atoms with Gasteiger partial charge in [-0.2, -0.15) is 0 Å². The summed E-state index contributed by atoms with van der Waals surface area (Å²) in [7, 11) is 0. The molecule has 0 aliphatic carbocycles. The lowest BCUT2D eigenvalue weighted by molar-refractivity contribution is -0.131. The Morgan fingerprint density at radius 3 is 2.70 bits per heavy atom. The van der Waals surface area contributed by atoms with E-state index in [1.807, 2.05) is 25.1 Å². The lowest BCUT2D eigenvalue weighted by Gasteiger charge is -2.04. The van der Waals surface area contributed by atoms with E-state index in [9.17, 15) is 9.59 Å². The highest BCUT2D eigenvalue weighted by molar-refractivity contribution is 7.15. The first-order valence-corrected chi connectivity index (χ1v) is 10.6.